The second-order valence-corrected chi connectivity index (χ2v) is 8.65. The summed E-state index contributed by atoms with van der Waals surface area (Å²) in [6.07, 6.45) is 1.83. The zero-order valence-corrected chi connectivity index (χ0v) is 19.1. The molecule has 0 bridgehead atoms. The van der Waals surface area contributed by atoms with E-state index in [0.717, 1.165) is 11.3 Å². The summed E-state index contributed by atoms with van der Waals surface area (Å²) in [4.78, 5) is 37.0. The molecule has 34 heavy (non-hydrogen) atoms. The van der Waals surface area contributed by atoms with Crippen LogP contribution in [0.25, 0.3) is 10.2 Å². The summed E-state index contributed by atoms with van der Waals surface area (Å²) in [6.45, 7) is 2.22. The van der Waals surface area contributed by atoms with Crippen molar-refractivity contribution < 1.29 is 19.4 Å². The first-order valence-corrected chi connectivity index (χ1v) is 11.5. The van der Waals surface area contributed by atoms with Crippen LogP contribution in [0, 0.1) is 6.92 Å². The predicted molar refractivity (Wildman–Crippen MR) is 130 cm³/mol. The minimum Gasteiger partial charge on any atom is -0.457 e. The van der Waals surface area contributed by atoms with Crippen LogP contribution in [0.4, 0.5) is 22.0 Å². The van der Waals surface area contributed by atoms with E-state index in [-0.39, 0.29) is 12.5 Å². The third-order valence-electron chi connectivity index (χ3n) is 5.33. The van der Waals surface area contributed by atoms with E-state index in [1.807, 2.05) is 49.4 Å². The largest absolute Gasteiger partial charge is 0.457 e. The lowest BCUT2D eigenvalue weighted by atomic mass is 10.1. The first kappa shape index (κ1) is 21.8. The van der Waals surface area contributed by atoms with Crippen LogP contribution in [-0.2, 0) is 0 Å². The number of rotatable bonds is 7. The topological polar surface area (TPSA) is 117 Å². The number of hydrogen-bond acceptors (Lipinski definition) is 7. The number of amides is 3. The summed E-state index contributed by atoms with van der Waals surface area (Å²) >= 11 is 1.19. The van der Waals surface area contributed by atoms with E-state index in [2.05, 4.69) is 20.6 Å². The van der Waals surface area contributed by atoms with Crippen molar-refractivity contribution in [2.75, 3.05) is 23.4 Å². The van der Waals surface area contributed by atoms with Crippen molar-refractivity contribution in [3.05, 3.63) is 65.3 Å². The average Bonchev–Trinajstić information content (AvgIpc) is 3.21. The van der Waals surface area contributed by atoms with Crippen LogP contribution in [0.5, 0.6) is 11.5 Å². The molecule has 1 aliphatic heterocycles. The van der Waals surface area contributed by atoms with Gasteiger partial charge >= 0.3 is 6.03 Å². The van der Waals surface area contributed by atoms with E-state index in [4.69, 9.17) is 9.84 Å². The van der Waals surface area contributed by atoms with Gasteiger partial charge in [-0.25, -0.2) is 19.7 Å². The predicted octanol–water partition coefficient (Wildman–Crippen LogP) is 4.59. The molecule has 0 fully saturated rings. The minimum atomic E-state index is -0.425. The number of benzene rings is 2. The van der Waals surface area contributed by atoms with Crippen molar-refractivity contribution in [1.29, 1.82) is 0 Å². The number of nitrogens with one attached hydrogen (secondary N) is 2. The molecule has 3 amide bonds. The molecule has 0 aliphatic carbocycles. The summed E-state index contributed by atoms with van der Waals surface area (Å²) in [5, 5.41) is 15.2. The van der Waals surface area contributed by atoms with Gasteiger partial charge in [-0.15, -0.1) is 11.3 Å². The number of aryl methyl sites for hydroxylation is 1. The number of anilines is 3. The van der Waals surface area contributed by atoms with Crippen LogP contribution in [0.1, 0.15) is 21.7 Å². The van der Waals surface area contributed by atoms with Crippen LogP contribution < -0.4 is 20.3 Å². The van der Waals surface area contributed by atoms with E-state index in [1.54, 1.807) is 6.07 Å². The Labute approximate surface area is 199 Å². The molecular weight excluding hydrogens is 454 g/mol. The zero-order valence-electron chi connectivity index (χ0n) is 18.2. The normalized spacial score (nSPS) is 12.5. The van der Waals surface area contributed by atoms with Gasteiger partial charge in [0.15, 0.2) is 5.82 Å². The fourth-order valence-electron chi connectivity index (χ4n) is 3.73. The Kier molecular flexibility index (Phi) is 5.83. The van der Waals surface area contributed by atoms with Gasteiger partial charge in [-0.2, -0.15) is 0 Å². The minimum absolute atomic E-state index is 0.0184. The van der Waals surface area contributed by atoms with Crippen molar-refractivity contribution in [3.63, 3.8) is 0 Å². The molecule has 0 radical (unpaired) electrons. The van der Waals surface area contributed by atoms with E-state index < -0.39 is 6.03 Å². The van der Waals surface area contributed by atoms with Crippen LogP contribution in [-0.4, -0.2) is 40.2 Å². The Balaban J connectivity index is 1.50. The second-order valence-electron chi connectivity index (χ2n) is 7.65. The first-order chi connectivity index (χ1) is 16.6. The number of ether oxygens (including phenoxy) is 1. The lowest BCUT2D eigenvalue weighted by Crippen LogP contribution is -2.35. The highest BCUT2D eigenvalue weighted by Crippen LogP contribution is 2.45. The van der Waals surface area contributed by atoms with E-state index in [9.17, 15) is 9.59 Å². The number of para-hydroxylation sites is 1. The first-order valence-electron chi connectivity index (χ1n) is 10.7. The molecule has 0 saturated carbocycles. The molecule has 9 nitrogen and oxygen atoms in total. The highest BCUT2D eigenvalue weighted by atomic mass is 32.1. The number of thiophene rings is 1. The van der Waals surface area contributed by atoms with E-state index >= 15 is 0 Å². The number of aliphatic hydroxyl groups is 1. The molecule has 0 atom stereocenters. The Hall–Kier alpha value is -4.02. The molecule has 2 aromatic heterocycles. The fourth-order valence-corrected chi connectivity index (χ4v) is 4.74. The quantitative estimate of drug-likeness (QED) is 0.337. The molecule has 4 aromatic rings. The van der Waals surface area contributed by atoms with Gasteiger partial charge in [0.2, 0.25) is 0 Å². The SMILES string of the molecule is Cc1cc(N2C(=O)Nc3c(C(=O)NCCCO)sc4ncnc2c34)ccc1Oc1ccccc1. The Morgan fingerprint density at radius 1 is 1.21 bits per heavy atom. The molecule has 0 spiro atoms. The highest BCUT2D eigenvalue weighted by molar-refractivity contribution is 7.21. The second kappa shape index (κ2) is 9.08. The summed E-state index contributed by atoms with van der Waals surface area (Å²) in [7, 11) is 0. The maximum absolute atomic E-state index is 13.2. The van der Waals surface area contributed by atoms with E-state index in [0.29, 0.717) is 51.0 Å². The number of carbonyl (C=O) groups excluding carboxylic acids is 2. The highest BCUT2D eigenvalue weighted by Gasteiger charge is 2.33. The molecule has 5 rings (SSSR count). The van der Waals surface area contributed by atoms with Gasteiger partial charge in [0.1, 0.15) is 27.5 Å². The number of carbonyl (C=O) groups is 2. The van der Waals surface area contributed by atoms with E-state index in [1.165, 1.54) is 22.6 Å². The van der Waals surface area contributed by atoms with Crippen LogP contribution in [0.15, 0.2) is 54.9 Å². The van der Waals surface area contributed by atoms with Gasteiger partial charge in [0.25, 0.3) is 5.91 Å². The third kappa shape index (κ3) is 3.93. The summed E-state index contributed by atoms with van der Waals surface area (Å²) in [6, 6.07) is 14.5. The number of urea groups is 1. The monoisotopic (exact) mass is 475 g/mol. The average molecular weight is 476 g/mol. The molecule has 172 valence electrons. The lowest BCUT2D eigenvalue weighted by Gasteiger charge is -2.27. The maximum Gasteiger partial charge on any atom is 0.332 e. The number of nitrogens with zero attached hydrogens (tertiary/aromatic N) is 3. The van der Waals surface area contributed by atoms with Crippen LogP contribution in [0.3, 0.4) is 0 Å². The number of aliphatic hydroxyl groups excluding tert-OH is 1. The molecule has 3 heterocycles. The van der Waals surface area contributed by atoms with Crippen molar-refractivity contribution in [2.24, 2.45) is 0 Å². The molecule has 10 heteroatoms. The Morgan fingerprint density at radius 2 is 2.03 bits per heavy atom. The molecule has 1 aliphatic rings. The van der Waals surface area contributed by atoms with Crippen molar-refractivity contribution >= 4 is 50.7 Å². The third-order valence-corrected chi connectivity index (χ3v) is 6.43. The Bertz CT molecular complexity index is 1390. The maximum atomic E-state index is 13.2. The Morgan fingerprint density at radius 3 is 2.79 bits per heavy atom. The molecule has 3 N–H and O–H groups in total. The fraction of sp³-hybridized carbons (Fsp3) is 0.167. The van der Waals surface area contributed by atoms with Crippen LogP contribution in [0.2, 0.25) is 0 Å². The molecule has 0 unspecified atom stereocenters. The number of hydrogen-bond donors (Lipinski definition) is 3. The van der Waals surface area contributed by atoms with Gasteiger partial charge in [-0.05, 0) is 49.2 Å². The van der Waals surface area contributed by atoms with Gasteiger partial charge in [-0.1, -0.05) is 18.2 Å². The van der Waals surface area contributed by atoms with Gasteiger partial charge in [-0.3, -0.25) is 4.79 Å². The zero-order chi connectivity index (χ0) is 23.7. The summed E-state index contributed by atoms with van der Waals surface area (Å²) in [5.74, 6) is 1.48. The van der Waals surface area contributed by atoms with Crippen molar-refractivity contribution in [1.82, 2.24) is 15.3 Å². The number of aromatic nitrogens is 2. The van der Waals surface area contributed by atoms with Crippen molar-refractivity contribution in [2.45, 2.75) is 13.3 Å². The summed E-state index contributed by atoms with van der Waals surface area (Å²) < 4.78 is 5.96. The lowest BCUT2D eigenvalue weighted by molar-refractivity contribution is 0.0956. The molecular formula is C24H21N5O4S. The van der Waals surface area contributed by atoms with Gasteiger partial charge < -0.3 is 20.5 Å². The standard InChI is InChI=1S/C24H21N5O4S/c1-14-12-15(8-9-17(14)33-16-6-3-2-4-7-16)29-21-18-19(28-24(29)32)20(22(31)25-10-5-11-30)34-23(18)27-13-26-21/h2-4,6-9,12-13,30H,5,10-11H2,1H3,(H,25,31)(H,28,32). The van der Waals surface area contributed by atoms with Crippen molar-refractivity contribution in [3.8, 4) is 11.5 Å². The molecule has 0 saturated heterocycles. The smallest absolute Gasteiger partial charge is 0.332 e. The van der Waals surface area contributed by atoms with Crippen LogP contribution >= 0.6 is 11.3 Å². The van der Waals surface area contributed by atoms with Gasteiger partial charge in [0.05, 0.1) is 16.8 Å². The van der Waals surface area contributed by atoms with Gasteiger partial charge in [0, 0.05) is 13.2 Å². The molecule has 2 aromatic carbocycles. The summed E-state index contributed by atoms with van der Waals surface area (Å²) in [5.41, 5.74) is 1.86.